The Kier molecular flexibility index (Phi) is 5.34. The van der Waals surface area contributed by atoms with E-state index >= 15 is 0 Å². The minimum Gasteiger partial charge on any atom is -0.481 e. The molecule has 0 saturated heterocycles. The lowest BCUT2D eigenvalue weighted by molar-refractivity contribution is -0.143. The van der Waals surface area contributed by atoms with Crippen molar-refractivity contribution in [2.24, 2.45) is 11.8 Å². The molecule has 0 amide bonds. The zero-order chi connectivity index (χ0) is 14.5. The fraction of sp³-hybridized carbons (Fsp3) is 0.643. The van der Waals surface area contributed by atoms with E-state index in [1.54, 1.807) is 12.4 Å². The van der Waals surface area contributed by atoms with Gasteiger partial charge in [-0.3, -0.25) is 4.79 Å². The van der Waals surface area contributed by atoms with Gasteiger partial charge in [-0.1, -0.05) is 0 Å². The third-order valence-electron chi connectivity index (χ3n) is 4.02. The fourth-order valence-electron chi connectivity index (χ4n) is 2.68. The summed E-state index contributed by atoms with van der Waals surface area (Å²) in [7, 11) is 1.99. The first-order valence-electron chi connectivity index (χ1n) is 6.97. The highest BCUT2D eigenvalue weighted by atomic mass is 79.9. The monoisotopic (exact) mass is 341 g/mol. The molecule has 6 heteroatoms. The largest absolute Gasteiger partial charge is 0.481 e. The van der Waals surface area contributed by atoms with Crippen molar-refractivity contribution in [2.45, 2.75) is 32.1 Å². The second kappa shape index (κ2) is 7.02. The lowest BCUT2D eigenvalue weighted by Gasteiger charge is -2.27. The summed E-state index contributed by atoms with van der Waals surface area (Å²) in [5, 5.41) is 8.99. The Bertz CT molecular complexity index is 444. The quantitative estimate of drug-likeness (QED) is 0.891. The van der Waals surface area contributed by atoms with Gasteiger partial charge in [0.15, 0.2) is 0 Å². The SMILES string of the molecule is CN(CCC1CCC(C(=O)O)CC1)c1ncc(Br)cn1. The van der Waals surface area contributed by atoms with Crippen LogP contribution >= 0.6 is 15.9 Å². The van der Waals surface area contributed by atoms with Crippen molar-refractivity contribution in [1.29, 1.82) is 0 Å². The molecule has 0 radical (unpaired) electrons. The minimum absolute atomic E-state index is 0.126. The van der Waals surface area contributed by atoms with Crippen LogP contribution in [0.5, 0.6) is 0 Å². The number of nitrogens with zero attached hydrogens (tertiary/aromatic N) is 3. The minimum atomic E-state index is -0.635. The van der Waals surface area contributed by atoms with Gasteiger partial charge < -0.3 is 10.0 Å². The molecule has 1 fully saturated rings. The van der Waals surface area contributed by atoms with Gasteiger partial charge in [-0.05, 0) is 54.0 Å². The molecular weight excluding hydrogens is 322 g/mol. The number of anilines is 1. The molecule has 1 aromatic heterocycles. The van der Waals surface area contributed by atoms with Crippen LogP contribution in [0.4, 0.5) is 5.95 Å². The van der Waals surface area contributed by atoms with Gasteiger partial charge in [0.1, 0.15) is 0 Å². The van der Waals surface area contributed by atoms with E-state index in [0.717, 1.165) is 49.1 Å². The molecule has 1 aliphatic rings. The van der Waals surface area contributed by atoms with Gasteiger partial charge >= 0.3 is 5.97 Å². The molecule has 2 rings (SSSR count). The summed E-state index contributed by atoms with van der Waals surface area (Å²) in [6, 6.07) is 0. The van der Waals surface area contributed by atoms with E-state index in [1.807, 2.05) is 7.05 Å². The van der Waals surface area contributed by atoms with E-state index < -0.39 is 5.97 Å². The molecule has 0 bridgehead atoms. The average Bonchev–Trinajstić information content (AvgIpc) is 2.46. The molecule has 20 heavy (non-hydrogen) atoms. The van der Waals surface area contributed by atoms with E-state index in [9.17, 15) is 4.79 Å². The molecule has 1 aliphatic carbocycles. The second-order valence-corrected chi connectivity index (χ2v) is 6.38. The molecule has 1 N–H and O–H groups in total. The number of rotatable bonds is 5. The maximum absolute atomic E-state index is 10.9. The Morgan fingerprint density at radius 2 is 1.95 bits per heavy atom. The zero-order valence-electron chi connectivity index (χ0n) is 11.6. The molecule has 0 unspecified atom stereocenters. The number of carboxylic acids is 1. The van der Waals surface area contributed by atoms with Crippen LogP contribution in [0.1, 0.15) is 32.1 Å². The zero-order valence-corrected chi connectivity index (χ0v) is 13.2. The number of carbonyl (C=O) groups is 1. The number of aliphatic carboxylic acids is 1. The average molecular weight is 342 g/mol. The van der Waals surface area contributed by atoms with Gasteiger partial charge in [0, 0.05) is 26.0 Å². The maximum Gasteiger partial charge on any atom is 0.306 e. The predicted octanol–water partition coefficient (Wildman–Crippen LogP) is 2.96. The van der Waals surface area contributed by atoms with E-state index in [1.165, 1.54) is 0 Å². The Labute approximate surface area is 127 Å². The van der Waals surface area contributed by atoms with Crippen molar-refractivity contribution >= 4 is 27.8 Å². The summed E-state index contributed by atoms with van der Waals surface area (Å²) in [4.78, 5) is 21.5. The molecule has 0 aliphatic heterocycles. The van der Waals surface area contributed by atoms with Crippen molar-refractivity contribution in [1.82, 2.24) is 9.97 Å². The van der Waals surface area contributed by atoms with Gasteiger partial charge in [0.25, 0.3) is 0 Å². The molecule has 5 nitrogen and oxygen atoms in total. The highest BCUT2D eigenvalue weighted by Crippen LogP contribution is 2.31. The number of aromatic nitrogens is 2. The summed E-state index contributed by atoms with van der Waals surface area (Å²) in [5.41, 5.74) is 0. The third kappa shape index (κ3) is 4.16. The smallest absolute Gasteiger partial charge is 0.306 e. The Morgan fingerprint density at radius 1 is 1.35 bits per heavy atom. The Hall–Kier alpha value is -1.17. The summed E-state index contributed by atoms with van der Waals surface area (Å²) in [6.07, 6.45) is 8.24. The number of halogens is 1. The summed E-state index contributed by atoms with van der Waals surface area (Å²) < 4.78 is 0.877. The van der Waals surface area contributed by atoms with Crippen LogP contribution in [0.3, 0.4) is 0 Å². The van der Waals surface area contributed by atoms with Crippen LogP contribution in [0.15, 0.2) is 16.9 Å². The predicted molar refractivity (Wildman–Crippen MR) is 80.7 cm³/mol. The van der Waals surface area contributed by atoms with E-state index in [4.69, 9.17) is 5.11 Å². The first-order valence-corrected chi connectivity index (χ1v) is 7.77. The molecular formula is C14H20BrN3O2. The van der Waals surface area contributed by atoms with Crippen LogP contribution in [-0.4, -0.2) is 34.6 Å². The highest BCUT2D eigenvalue weighted by Gasteiger charge is 2.25. The number of hydrogen-bond donors (Lipinski definition) is 1. The molecule has 1 aromatic rings. The lowest BCUT2D eigenvalue weighted by Crippen LogP contribution is -2.26. The normalized spacial score (nSPS) is 22.5. The second-order valence-electron chi connectivity index (χ2n) is 5.47. The van der Waals surface area contributed by atoms with Crippen molar-refractivity contribution in [3.8, 4) is 0 Å². The highest BCUT2D eigenvalue weighted by molar-refractivity contribution is 9.10. The van der Waals surface area contributed by atoms with Crippen LogP contribution in [0, 0.1) is 11.8 Å². The van der Waals surface area contributed by atoms with Gasteiger partial charge in [-0.15, -0.1) is 0 Å². The third-order valence-corrected chi connectivity index (χ3v) is 4.43. The van der Waals surface area contributed by atoms with Gasteiger partial charge in [0.05, 0.1) is 10.4 Å². The molecule has 0 spiro atoms. The molecule has 1 saturated carbocycles. The first-order chi connectivity index (χ1) is 9.56. The van der Waals surface area contributed by atoms with Gasteiger partial charge in [0.2, 0.25) is 5.95 Å². The summed E-state index contributed by atoms with van der Waals surface area (Å²) in [5.74, 6) is 0.596. The van der Waals surface area contributed by atoms with Crippen LogP contribution in [0.25, 0.3) is 0 Å². The van der Waals surface area contributed by atoms with E-state index in [0.29, 0.717) is 5.92 Å². The Balaban J connectivity index is 1.75. The molecule has 110 valence electrons. The van der Waals surface area contributed by atoms with Crippen molar-refractivity contribution in [2.75, 3.05) is 18.5 Å². The van der Waals surface area contributed by atoms with Gasteiger partial charge in [-0.2, -0.15) is 0 Å². The standard InChI is InChI=1S/C14H20BrN3O2/c1-18(14-16-8-12(15)9-17-14)7-6-10-2-4-11(5-3-10)13(19)20/h8-11H,2-7H2,1H3,(H,19,20). The lowest BCUT2D eigenvalue weighted by atomic mass is 9.80. The van der Waals surface area contributed by atoms with Gasteiger partial charge in [-0.25, -0.2) is 9.97 Å². The van der Waals surface area contributed by atoms with Crippen LogP contribution in [0.2, 0.25) is 0 Å². The first kappa shape index (κ1) is 15.2. The van der Waals surface area contributed by atoms with Crippen molar-refractivity contribution in [3.05, 3.63) is 16.9 Å². The van der Waals surface area contributed by atoms with Crippen LogP contribution < -0.4 is 4.90 Å². The fourth-order valence-corrected chi connectivity index (χ4v) is 2.88. The Morgan fingerprint density at radius 3 is 2.50 bits per heavy atom. The van der Waals surface area contributed by atoms with Crippen molar-refractivity contribution < 1.29 is 9.90 Å². The number of carboxylic acid groups (broad SMARTS) is 1. The molecule has 0 atom stereocenters. The maximum atomic E-state index is 10.9. The topological polar surface area (TPSA) is 66.3 Å². The summed E-state index contributed by atoms with van der Waals surface area (Å²) in [6.45, 7) is 0.907. The van der Waals surface area contributed by atoms with E-state index in [2.05, 4.69) is 30.8 Å². The summed E-state index contributed by atoms with van der Waals surface area (Å²) >= 11 is 3.32. The molecule has 1 heterocycles. The van der Waals surface area contributed by atoms with E-state index in [-0.39, 0.29) is 5.92 Å². The number of hydrogen-bond acceptors (Lipinski definition) is 4. The van der Waals surface area contributed by atoms with Crippen LogP contribution in [-0.2, 0) is 4.79 Å². The van der Waals surface area contributed by atoms with Crippen molar-refractivity contribution in [3.63, 3.8) is 0 Å². The molecule has 0 aromatic carbocycles.